The van der Waals surface area contributed by atoms with Crippen molar-refractivity contribution in [2.75, 3.05) is 0 Å². The standard InChI is InChI=1S/C13H19BrO2/c1-2-3-4-6-9-13(12(15)16)10-7-5-8-11(13)14/h5,7-8H,2-4,6,9-10H2,1H3,(H,15,16). The molecule has 0 saturated heterocycles. The lowest BCUT2D eigenvalue weighted by atomic mass is 9.77. The van der Waals surface area contributed by atoms with E-state index in [9.17, 15) is 9.90 Å². The maximum absolute atomic E-state index is 11.4. The van der Waals surface area contributed by atoms with E-state index in [1.54, 1.807) is 0 Å². The second-order valence-corrected chi connectivity index (χ2v) is 5.20. The first kappa shape index (κ1) is 13.5. The molecule has 1 atom stereocenters. The molecule has 2 nitrogen and oxygen atoms in total. The van der Waals surface area contributed by atoms with Crippen LogP contribution in [0.15, 0.2) is 22.7 Å². The van der Waals surface area contributed by atoms with Gasteiger partial charge in [-0.15, -0.1) is 0 Å². The van der Waals surface area contributed by atoms with Crippen LogP contribution >= 0.6 is 15.9 Å². The van der Waals surface area contributed by atoms with Crippen LogP contribution in [0, 0.1) is 5.41 Å². The van der Waals surface area contributed by atoms with E-state index in [4.69, 9.17) is 0 Å². The first-order valence-corrected chi connectivity index (χ1v) is 6.69. The van der Waals surface area contributed by atoms with Crippen LogP contribution in [0.4, 0.5) is 0 Å². The van der Waals surface area contributed by atoms with Crippen LogP contribution in [0.5, 0.6) is 0 Å². The molecule has 0 fully saturated rings. The van der Waals surface area contributed by atoms with Crippen molar-refractivity contribution in [3.8, 4) is 0 Å². The van der Waals surface area contributed by atoms with Crippen LogP contribution in [-0.2, 0) is 4.79 Å². The number of halogens is 1. The number of unbranched alkanes of at least 4 members (excludes halogenated alkanes) is 3. The van der Waals surface area contributed by atoms with Gasteiger partial charge in [-0.05, 0) is 12.8 Å². The topological polar surface area (TPSA) is 37.3 Å². The van der Waals surface area contributed by atoms with Crippen LogP contribution in [0.3, 0.4) is 0 Å². The van der Waals surface area contributed by atoms with Gasteiger partial charge in [-0.2, -0.15) is 0 Å². The number of hydrogen-bond donors (Lipinski definition) is 1. The summed E-state index contributed by atoms with van der Waals surface area (Å²) in [7, 11) is 0. The second-order valence-electron chi connectivity index (χ2n) is 4.34. The van der Waals surface area contributed by atoms with E-state index in [0.29, 0.717) is 6.42 Å². The molecule has 0 spiro atoms. The maximum atomic E-state index is 11.4. The molecule has 0 aromatic carbocycles. The van der Waals surface area contributed by atoms with Gasteiger partial charge in [0, 0.05) is 4.48 Å². The minimum absolute atomic E-state index is 0.603. The number of rotatable bonds is 6. The molecular formula is C13H19BrO2. The molecule has 1 unspecified atom stereocenters. The summed E-state index contributed by atoms with van der Waals surface area (Å²) in [6, 6.07) is 0. The number of hydrogen-bond acceptors (Lipinski definition) is 1. The molecule has 3 heteroatoms. The van der Waals surface area contributed by atoms with Crippen molar-refractivity contribution in [2.45, 2.75) is 45.4 Å². The van der Waals surface area contributed by atoms with Gasteiger partial charge < -0.3 is 5.11 Å². The highest BCUT2D eigenvalue weighted by Gasteiger charge is 2.40. The highest BCUT2D eigenvalue weighted by molar-refractivity contribution is 9.11. The van der Waals surface area contributed by atoms with E-state index in [1.807, 2.05) is 18.2 Å². The summed E-state index contributed by atoms with van der Waals surface area (Å²) >= 11 is 3.41. The Morgan fingerprint density at radius 2 is 2.25 bits per heavy atom. The quantitative estimate of drug-likeness (QED) is 0.741. The molecule has 1 aliphatic rings. The molecule has 1 N–H and O–H groups in total. The monoisotopic (exact) mass is 286 g/mol. The maximum Gasteiger partial charge on any atom is 0.314 e. The molecule has 90 valence electrons. The zero-order valence-electron chi connectivity index (χ0n) is 9.71. The zero-order valence-corrected chi connectivity index (χ0v) is 11.3. The van der Waals surface area contributed by atoms with Crippen molar-refractivity contribution < 1.29 is 9.90 Å². The fraction of sp³-hybridized carbons (Fsp3) is 0.615. The highest BCUT2D eigenvalue weighted by Crippen LogP contribution is 2.43. The van der Waals surface area contributed by atoms with Crippen LogP contribution in [0.25, 0.3) is 0 Å². The van der Waals surface area contributed by atoms with Crippen molar-refractivity contribution in [1.29, 1.82) is 0 Å². The van der Waals surface area contributed by atoms with Crippen molar-refractivity contribution in [3.63, 3.8) is 0 Å². The molecule has 0 bridgehead atoms. The molecule has 0 saturated carbocycles. The van der Waals surface area contributed by atoms with Gasteiger partial charge >= 0.3 is 5.97 Å². The Labute approximate surface area is 106 Å². The average Bonchev–Trinajstić information content (AvgIpc) is 2.26. The largest absolute Gasteiger partial charge is 0.481 e. The number of carbonyl (C=O) groups is 1. The minimum Gasteiger partial charge on any atom is -0.481 e. The fourth-order valence-corrected chi connectivity index (χ4v) is 2.73. The third-order valence-electron chi connectivity index (χ3n) is 3.17. The molecule has 1 aliphatic carbocycles. The Morgan fingerprint density at radius 1 is 1.50 bits per heavy atom. The third kappa shape index (κ3) is 2.97. The van der Waals surface area contributed by atoms with Crippen molar-refractivity contribution in [3.05, 3.63) is 22.7 Å². The van der Waals surface area contributed by atoms with Crippen LogP contribution < -0.4 is 0 Å². The predicted molar refractivity (Wildman–Crippen MR) is 69.6 cm³/mol. The van der Waals surface area contributed by atoms with Gasteiger partial charge in [-0.25, -0.2) is 0 Å². The number of carboxylic acids is 1. The Bertz CT molecular complexity index is 307. The van der Waals surface area contributed by atoms with Gasteiger partial charge in [0.15, 0.2) is 0 Å². The average molecular weight is 287 g/mol. The summed E-state index contributed by atoms with van der Waals surface area (Å²) < 4.78 is 0.812. The molecule has 16 heavy (non-hydrogen) atoms. The number of aliphatic carboxylic acids is 1. The van der Waals surface area contributed by atoms with E-state index in [1.165, 1.54) is 12.8 Å². The van der Waals surface area contributed by atoms with Gasteiger partial charge in [-0.1, -0.05) is 66.8 Å². The summed E-state index contributed by atoms with van der Waals surface area (Å²) in [6.45, 7) is 2.16. The summed E-state index contributed by atoms with van der Waals surface area (Å²) in [4.78, 5) is 11.4. The highest BCUT2D eigenvalue weighted by atomic mass is 79.9. The van der Waals surface area contributed by atoms with Crippen molar-refractivity contribution in [2.24, 2.45) is 5.41 Å². The van der Waals surface area contributed by atoms with Gasteiger partial charge in [0.05, 0.1) is 0 Å². The third-order valence-corrected chi connectivity index (χ3v) is 4.19. The summed E-state index contributed by atoms with van der Waals surface area (Å²) in [6.07, 6.45) is 11.5. The second kappa shape index (κ2) is 6.24. The van der Waals surface area contributed by atoms with Gasteiger partial charge in [0.1, 0.15) is 5.41 Å². The summed E-state index contributed by atoms with van der Waals surface area (Å²) in [5.74, 6) is -0.712. The van der Waals surface area contributed by atoms with E-state index in [2.05, 4.69) is 22.9 Å². The van der Waals surface area contributed by atoms with Crippen LogP contribution in [0.1, 0.15) is 45.4 Å². The van der Waals surface area contributed by atoms with Gasteiger partial charge in [0.2, 0.25) is 0 Å². The van der Waals surface area contributed by atoms with E-state index in [0.717, 1.165) is 23.7 Å². The minimum atomic E-state index is -0.712. The molecule has 0 aromatic rings. The lowest BCUT2D eigenvalue weighted by molar-refractivity contribution is -0.146. The molecular weight excluding hydrogens is 268 g/mol. The Hall–Kier alpha value is -0.570. The predicted octanol–water partition coefficient (Wildman–Crippen LogP) is 4.27. The van der Waals surface area contributed by atoms with Gasteiger partial charge in [0.25, 0.3) is 0 Å². The molecule has 0 aromatic heterocycles. The first-order chi connectivity index (χ1) is 7.63. The smallest absolute Gasteiger partial charge is 0.314 e. The lowest BCUT2D eigenvalue weighted by Gasteiger charge is -2.30. The zero-order chi connectivity index (χ0) is 12.0. The Morgan fingerprint density at radius 3 is 2.81 bits per heavy atom. The molecule has 0 amide bonds. The molecule has 1 rings (SSSR count). The van der Waals surface area contributed by atoms with Crippen molar-refractivity contribution >= 4 is 21.9 Å². The lowest BCUT2D eigenvalue weighted by Crippen LogP contribution is -2.32. The summed E-state index contributed by atoms with van der Waals surface area (Å²) in [5, 5.41) is 9.41. The Kier molecular flexibility index (Phi) is 5.26. The Balaban J connectivity index is 2.64. The molecule has 0 radical (unpaired) electrons. The first-order valence-electron chi connectivity index (χ1n) is 5.89. The van der Waals surface area contributed by atoms with E-state index < -0.39 is 11.4 Å². The van der Waals surface area contributed by atoms with Gasteiger partial charge in [-0.3, -0.25) is 4.79 Å². The molecule has 0 heterocycles. The van der Waals surface area contributed by atoms with Crippen LogP contribution in [0.2, 0.25) is 0 Å². The normalized spacial score (nSPS) is 24.2. The van der Waals surface area contributed by atoms with E-state index >= 15 is 0 Å². The SMILES string of the molecule is CCCCCCC1(C(=O)O)CC=CC=C1Br. The summed E-state index contributed by atoms with van der Waals surface area (Å²) in [5.41, 5.74) is -0.706. The molecule has 0 aliphatic heterocycles. The van der Waals surface area contributed by atoms with E-state index in [-0.39, 0.29) is 0 Å². The van der Waals surface area contributed by atoms with Crippen molar-refractivity contribution in [1.82, 2.24) is 0 Å². The fourth-order valence-electron chi connectivity index (χ4n) is 2.05. The number of allylic oxidation sites excluding steroid dienone is 3. The number of carboxylic acid groups (broad SMARTS) is 1. The van der Waals surface area contributed by atoms with Crippen LogP contribution in [-0.4, -0.2) is 11.1 Å².